The zero-order chi connectivity index (χ0) is 13.0. The molecule has 0 aliphatic rings. The maximum Gasteiger partial charge on any atom is 0.123 e. The summed E-state index contributed by atoms with van der Waals surface area (Å²) in [5.41, 5.74) is 3.81. The van der Waals surface area contributed by atoms with Crippen LogP contribution in [0.1, 0.15) is 29.7 Å². The van der Waals surface area contributed by atoms with Gasteiger partial charge in [0.15, 0.2) is 0 Å². The van der Waals surface area contributed by atoms with E-state index in [1.807, 2.05) is 6.07 Å². The Morgan fingerprint density at radius 3 is 2.83 bits per heavy atom. The molecule has 1 aromatic heterocycles. The summed E-state index contributed by atoms with van der Waals surface area (Å²) in [5, 5.41) is 7.83. The second-order valence-corrected chi connectivity index (χ2v) is 5.25. The van der Waals surface area contributed by atoms with Crippen LogP contribution in [0.15, 0.2) is 35.0 Å². The molecule has 0 spiro atoms. The predicted octanol–water partition coefficient (Wildman–Crippen LogP) is 3.92. The first-order chi connectivity index (χ1) is 8.70. The van der Waals surface area contributed by atoms with Gasteiger partial charge in [-0.3, -0.25) is 0 Å². The Morgan fingerprint density at radius 1 is 1.33 bits per heavy atom. The molecule has 0 radical (unpaired) electrons. The molecule has 1 unspecified atom stereocenters. The summed E-state index contributed by atoms with van der Waals surface area (Å²) >= 11 is 1.74. The molecule has 2 aromatic rings. The van der Waals surface area contributed by atoms with Gasteiger partial charge < -0.3 is 10.1 Å². The Balaban J connectivity index is 2.03. The third-order valence-corrected chi connectivity index (χ3v) is 3.78. The zero-order valence-corrected chi connectivity index (χ0v) is 11.9. The molecule has 1 heterocycles. The second kappa shape index (κ2) is 6.03. The van der Waals surface area contributed by atoms with Crippen LogP contribution in [0.4, 0.5) is 0 Å². The molecule has 2 rings (SSSR count). The van der Waals surface area contributed by atoms with Crippen molar-refractivity contribution in [3.8, 4) is 5.75 Å². The molecule has 0 aliphatic carbocycles. The lowest BCUT2D eigenvalue weighted by atomic mass is 10.1. The molecule has 1 atom stereocenters. The van der Waals surface area contributed by atoms with E-state index in [-0.39, 0.29) is 0 Å². The van der Waals surface area contributed by atoms with Crippen LogP contribution < -0.4 is 10.1 Å². The fourth-order valence-electron chi connectivity index (χ4n) is 1.95. The van der Waals surface area contributed by atoms with Gasteiger partial charge in [-0.25, -0.2) is 0 Å². The molecule has 0 saturated carbocycles. The number of hydrogen-bond acceptors (Lipinski definition) is 3. The van der Waals surface area contributed by atoms with E-state index in [2.05, 4.69) is 48.1 Å². The van der Waals surface area contributed by atoms with Gasteiger partial charge in [-0.2, -0.15) is 11.3 Å². The minimum absolute atomic E-state index is 0.362. The normalized spacial score (nSPS) is 12.4. The van der Waals surface area contributed by atoms with E-state index in [4.69, 9.17) is 4.74 Å². The van der Waals surface area contributed by atoms with Crippen LogP contribution in [0.5, 0.6) is 5.75 Å². The highest BCUT2D eigenvalue weighted by molar-refractivity contribution is 7.07. The molecule has 0 aliphatic heterocycles. The van der Waals surface area contributed by atoms with Gasteiger partial charge in [-0.1, -0.05) is 17.7 Å². The monoisotopic (exact) mass is 261 g/mol. The van der Waals surface area contributed by atoms with Crippen molar-refractivity contribution >= 4 is 11.3 Å². The lowest BCUT2D eigenvalue weighted by Gasteiger charge is -2.15. The molecular formula is C15H19NOS. The van der Waals surface area contributed by atoms with Gasteiger partial charge in [-0.15, -0.1) is 0 Å². The molecule has 96 valence electrons. The van der Waals surface area contributed by atoms with Gasteiger partial charge in [0.05, 0.1) is 7.11 Å². The van der Waals surface area contributed by atoms with Crippen LogP contribution in [-0.2, 0) is 6.54 Å². The summed E-state index contributed by atoms with van der Waals surface area (Å²) in [6, 6.07) is 8.80. The third kappa shape index (κ3) is 3.12. The summed E-state index contributed by atoms with van der Waals surface area (Å²) in [4.78, 5) is 0. The summed E-state index contributed by atoms with van der Waals surface area (Å²) in [6.07, 6.45) is 0. The third-order valence-electron chi connectivity index (χ3n) is 3.08. The fraction of sp³-hybridized carbons (Fsp3) is 0.333. The number of methoxy groups -OCH3 is 1. The van der Waals surface area contributed by atoms with Crippen molar-refractivity contribution in [1.82, 2.24) is 5.32 Å². The number of rotatable bonds is 5. The molecule has 2 nitrogen and oxygen atoms in total. The average molecular weight is 261 g/mol. The highest BCUT2D eigenvalue weighted by atomic mass is 32.1. The second-order valence-electron chi connectivity index (χ2n) is 4.47. The van der Waals surface area contributed by atoms with Crippen LogP contribution in [0.3, 0.4) is 0 Å². The molecule has 1 aromatic carbocycles. The predicted molar refractivity (Wildman–Crippen MR) is 77.3 cm³/mol. The molecule has 1 N–H and O–H groups in total. The largest absolute Gasteiger partial charge is 0.496 e. The van der Waals surface area contributed by atoms with E-state index < -0.39 is 0 Å². The molecule has 0 amide bonds. The minimum atomic E-state index is 0.362. The van der Waals surface area contributed by atoms with Crippen LogP contribution >= 0.6 is 11.3 Å². The number of thiophene rings is 1. The SMILES string of the molecule is COc1ccc(C)cc1CNC(C)c1ccsc1. The summed E-state index contributed by atoms with van der Waals surface area (Å²) in [5.74, 6) is 0.950. The average Bonchev–Trinajstić information content (AvgIpc) is 2.90. The molecule has 18 heavy (non-hydrogen) atoms. The maximum atomic E-state index is 5.39. The topological polar surface area (TPSA) is 21.3 Å². The number of ether oxygens (including phenoxy) is 1. The van der Waals surface area contributed by atoms with Crippen molar-refractivity contribution in [2.75, 3.05) is 7.11 Å². The highest BCUT2D eigenvalue weighted by Crippen LogP contribution is 2.21. The zero-order valence-electron chi connectivity index (χ0n) is 11.1. The Morgan fingerprint density at radius 2 is 2.17 bits per heavy atom. The van der Waals surface area contributed by atoms with E-state index in [0.29, 0.717) is 6.04 Å². The van der Waals surface area contributed by atoms with E-state index >= 15 is 0 Å². The fourth-order valence-corrected chi connectivity index (χ4v) is 2.70. The van der Waals surface area contributed by atoms with Gasteiger partial charge in [0, 0.05) is 18.2 Å². The molecule has 0 bridgehead atoms. The van der Waals surface area contributed by atoms with Crippen LogP contribution in [0.25, 0.3) is 0 Å². The Kier molecular flexibility index (Phi) is 4.39. The maximum absolute atomic E-state index is 5.39. The number of hydrogen-bond donors (Lipinski definition) is 1. The van der Waals surface area contributed by atoms with Crippen molar-refractivity contribution in [1.29, 1.82) is 0 Å². The van der Waals surface area contributed by atoms with Crippen molar-refractivity contribution in [2.45, 2.75) is 26.4 Å². The Hall–Kier alpha value is -1.32. The van der Waals surface area contributed by atoms with Gasteiger partial charge in [-0.05, 0) is 42.3 Å². The number of aryl methyl sites for hydroxylation is 1. The van der Waals surface area contributed by atoms with Crippen LogP contribution in [0, 0.1) is 6.92 Å². The van der Waals surface area contributed by atoms with Crippen molar-refractivity contribution in [3.05, 3.63) is 51.7 Å². The van der Waals surface area contributed by atoms with E-state index in [9.17, 15) is 0 Å². The number of nitrogens with one attached hydrogen (secondary N) is 1. The van der Waals surface area contributed by atoms with Crippen molar-refractivity contribution < 1.29 is 4.74 Å². The molecule has 0 saturated heterocycles. The smallest absolute Gasteiger partial charge is 0.123 e. The van der Waals surface area contributed by atoms with Crippen LogP contribution in [0.2, 0.25) is 0 Å². The first-order valence-electron chi connectivity index (χ1n) is 6.09. The Labute approximate surface area is 113 Å². The van der Waals surface area contributed by atoms with Crippen molar-refractivity contribution in [2.24, 2.45) is 0 Å². The molecular weight excluding hydrogens is 242 g/mol. The number of benzene rings is 1. The first kappa shape index (κ1) is 13.1. The first-order valence-corrected chi connectivity index (χ1v) is 7.04. The Bertz CT molecular complexity index is 493. The van der Waals surface area contributed by atoms with Crippen LogP contribution in [-0.4, -0.2) is 7.11 Å². The van der Waals surface area contributed by atoms with E-state index in [1.165, 1.54) is 16.7 Å². The van der Waals surface area contributed by atoms with Gasteiger partial charge in [0.1, 0.15) is 5.75 Å². The lowest BCUT2D eigenvalue weighted by Crippen LogP contribution is -2.18. The summed E-state index contributed by atoms with van der Waals surface area (Å²) < 4.78 is 5.39. The van der Waals surface area contributed by atoms with E-state index in [0.717, 1.165) is 12.3 Å². The van der Waals surface area contributed by atoms with Gasteiger partial charge in [0.2, 0.25) is 0 Å². The summed E-state index contributed by atoms with van der Waals surface area (Å²) in [6.45, 7) is 5.11. The molecule has 3 heteroatoms. The van der Waals surface area contributed by atoms with E-state index in [1.54, 1.807) is 18.4 Å². The standard InChI is InChI=1S/C15H19NOS/c1-11-4-5-15(17-3)14(8-11)9-16-12(2)13-6-7-18-10-13/h4-8,10,12,16H,9H2,1-3H3. The lowest BCUT2D eigenvalue weighted by molar-refractivity contribution is 0.406. The van der Waals surface area contributed by atoms with Gasteiger partial charge in [0.25, 0.3) is 0 Å². The summed E-state index contributed by atoms with van der Waals surface area (Å²) in [7, 11) is 1.72. The van der Waals surface area contributed by atoms with Gasteiger partial charge >= 0.3 is 0 Å². The highest BCUT2D eigenvalue weighted by Gasteiger charge is 2.07. The quantitative estimate of drug-likeness (QED) is 0.881. The van der Waals surface area contributed by atoms with Crippen molar-refractivity contribution in [3.63, 3.8) is 0 Å². The minimum Gasteiger partial charge on any atom is -0.496 e. The molecule has 0 fully saturated rings.